The molecule has 1 N–H and O–H groups in total. The Morgan fingerprint density at radius 3 is 2.43 bits per heavy atom. The molecule has 0 aromatic heterocycles. The van der Waals surface area contributed by atoms with Crippen LogP contribution in [0.15, 0.2) is 54.6 Å². The fourth-order valence-electron chi connectivity index (χ4n) is 2.87. The maximum Gasteiger partial charge on any atom is 0.237 e. The summed E-state index contributed by atoms with van der Waals surface area (Å²) in [6.07, 6.45) is 1.79. The van der Waals surface area contributed by atoms with Crippen LogP contribution in [0.2, 0.25) is 0 Å². The second kappa shape index (κ2) is 5.24. The number of carbonyl (C=O) groups is 1. The molecule has 21 heavy (non-hydrogen) atoms. The molecule has 2 aromatic rings. The normalized spacial score (nSPS) is 15.5. The fraction of sp³-hybridized carbons (Fsp3) is 0.278. The van der Waals surface area contributed by atoms with E-state index in [1.807, 2.05) is 43.3 Å². The zero-order valence-electron chi connectivity index (χ0n) is 12.1. The molecule has 0 unspecified atom stereocenters. The minimum Gasteiger partial charge on any atom is -0.508 e. The van der Waals surface area contributed by atoms with E-state index in [1.54, 1.807) is 23.1 Å². The monoisotopic (exact) mass is 281 g/mol. The highest BCUT2D eigenvalue weighted by Crippen LogP contribution is 2.50. The molecule has 2 aromatic carbocycles. The fourth-order valence-corrected chi connectivity index (χ4v) is 2.87. The lowest BCUT2D eigenvalue weighted by Crippen LogP contribution is -2.39. The second-order valence-corrected chi connectivity index (χ2v) is 5.52. The summed E-state index contributed by atoms with van der Waals surface area (Å²) in [5.74, 6) is 0.310. The summed E-state index contributed by atoms with van der Waals surface area (Å²) in [7, 11) is 0. The van der Waals surface area contributed by atoms with E-state index in [1.165, 1.54) is 0 Å². The van der Waals surface area contributed by atoms with Crippen LogP contribution >= 0.6 is 0 Å². The molecular weight excluding hydrogens is 262 g/mol. The van der Waals surface area contributed by atoms with E-state index in [0.29, 0.717) is 6.54 Å². The Labute approximate surface area is 124 Å². The molecule has 0 spiro atoms. The number of phenolic OH excluding ortho intramolecular Hbond substituents is 1. The molecule has 0 heterocycles. The Bertz CT molecular complexity index is 647. The lowest BCUT2D eigenvalue weighted by atomic mass is 9.94. The van der Waals surface area contributed by atoms with E-state index in [2.05, 4.69) is 0 Å². The molecule has 3 rings (SSSR count). The van der Waals surface area contributed by atoms with E-state index in [9.17, 15) is 9.90 Å². The number of phenols is 1. The molecule has 1 saturated carbocycles. The number of rotatable bonds is 4. The first kappa shape index (κ1) is 13.7. The highest BCUT2D eigenvalue weighted by Gasteiger charge is 2.52. The predicted molar refractivity (Wildman–Crippen MR) is 83.5 cm³/mol. The van der Waals surface area contributed by atoms with Gasteiger partial charge in [0.25, 0.3) is 0 Å². The van der Waals surface area contributed by atoms with Crippen molar-refractivity contribution in [2.75, 3.05) is 11.4 Å². The number of amides is 1. The van der Waals surface area contributed by atoms with Gasteiger partial charge in [-0.05, 0) is 37.5 Å². The summed E-state index contributed by atoms with van der Waals surface area (Å²) in [5, 5.41) is 9.64. The molecule has 1 fully saturated rings. The number of benzene rings is 2. The van der Waals surface area contributed by atoms with Gasteiger partial charge in [0.15, 0.2) is 0 Å². The van der Waals surface area contributed by atoms with Crippen molar-refractivity contribution in [3.63, 3.8) is 0 Å². The summed E-state index contributed by atoms with van der Waals surface area (Å²) in [6.45, 7) is 2.56. The van der Waals surface area contributed by atoms with Crippen molar-refractivity contribution in [2.24, 2.45) is 0 Å². The lowest BCUT2D eigenvalue weighted by Gasteiger charge is -2.26. The molecule has 0 atom stereocenters. The Morgan fingerprint density at radius 1 is 1.14 bits per heavy atom. The van der Waals surface area contributed by atoms with Gasteiger partial charge >= 0.3 is 0 Å². The Morgan fingerprint density at radius 2 is 1.86 bits per heavy atom. The van der Waals surface area contributed by atoms with E-state index >= 15 is 0 Å². The maximum absolute atomic E-state index is 13.0. The van der Waals surface area contributed by atoms with Crippen molar-refractivity contribution < 1.29 is 9.90 Å². The quantitative estimate of drug-likeness (QED) is 0.932. The summed E-state index contributed by atoms with van der Waals surface area (Å²) in [6, 6.07) is 16.9. The topological polar surface area (TPSA) is 40.5 Å². The van der Waals surface area contributed by atoms with Crippen molar-refractivity contribution in [2.45, 2.75) is 25.2 Å². The smallest absolute Gasteiger partial charge is 0.237 e. The van der Waals surface area contributed by atoms with Gasteiger partial charge < -0.3 is 10.0 Å². The first-order chi connectivity index (χ1) is 10.2. The van der Waals surface area contributed by atoms with Crippen LogP contribution in [0.4, 0.5) is 5.69 Å². The third-order valence-corrected chi connectivity index (χ3v) is 4.19. The number of carbonyl (C=O) groups excluding carboxylic acids is 1. The van der Waals surface area contributed by atoms with Crippen LogP contribution in [0.3, 0.4) is 0 Å². The minimum absolute atomic E-state index is 0.127. The lowest BCUT2D eigenvalue weighted by molar-refractivity contribution is -0.121. The molecular formula is C18H19NO2. The number of anilines is 1. The minimum atomic E-state index is -0.372. The van der Waals surface area contributed by atoms with Gasteiger partial charge in [0.05, 0.1) is 5.41 Å². The first-order valence-electron chi connectivity index (χ1n) is 7.34. The van der Waals surface area contributed by atoms with Crippen LogP contribution < -0.4 is 4.90 Å². The molecule has 1 amide bonds. The SMILES string of the molecule is CCN(C(=O)C1(c2ccccc2)CC1)c1cccc(O)c1. The summed E-state index contributed by atoms with van der Waals surface area (Å²) < 4.78 is 0. The molecule has 0 bridgehead atoms. The number of hydrogen-bond donors (Lipinski definition) is 1. The van der Waals surface area contributed by atoms with Crippen LogP contribution in [-0.4, -0.2) is 17.6 Å². The predicted octanol–water partition coefficient (Wildman–Crippen LogP) is 3.48. The highest BCUT2D eigenvalue weighted by molar-refractivity contribution is 6.03. The second-order valence-electron chi connectivity index (χ2n) is 5.52. The molecule has 3 nitrogen and oxygen atoms in total. The Hall–Kier alpha value is -2.29. The average molecular weight is 281 g/mol. The summed E-state index contributed by atoms with van der Waals surface area (Å²) in [5.41, 5.74) is 1.47. The molecule has 0 radical (unpaired) electrons. The number of nitrogens with zero attached hydrogens (tertiary/aromatic N) is 1. The van der Waals surface area contributed by atoms with Crippen LogP contribution in [0, 0.1) is 0 Å². The van der Waals surface area contributed by atoms with Crippen molar-refractivity contribution in [1.82, 2.24) is 0 Å². The van der Waals surface area contributed by atoms with Gasteiger partial charge in [0.1, 0.15) is 5.75 Å². The van der Waals surface area contributed by atoms with Crippen LogP contribution in [0.5, 0.6) is 5.75 Å². The Balaban J connectivity index is 1.93. The summed E-state index contributed by atoms with van der Waals surface area (Å²) in [4.78, 5) is 14.8. The molecule has 3 heteroatoms. The Kier molecular flexibility index (Phi) is 3.42. The number of hydrogen-bond acceptors (Lipinski definition) is 2. The third kappa shape index (κ3) is 2.40. The standard InChI is InChI=1S/C18H19NO2/c1-2-19(15-9-6-10-16(20)13-15)17(21)18(11-12-18)14-7-4-3-5-8-14/h3-10,13,20H,2,11-12H2,1H3. The van der Waals surface area contributed by atoms with Gasteiger partial charge in [0.2, 0.25) is 5.91 Å². The summed E-state index contributed by atoms with van der Waals surface area (Å²) >= 11 is 0. The van der Waals surface area contributed by atoms with E-state index in [0.717, 1.165) is 24.1 Å². The molecule has 0 saturated heterocycles. The van der Waals surface area contributed by atoms with E-state index < -0.39 is 0 Å². The van der Waals surface area contributed by atoms with Crippen molar-refractivity contribution in [1.29, 1.82) is 0 Å². The number of likely N-dealkylation sites (N-methyl/N-ethyl adjacent to an activating group) is 1. The van der Waals surface area contributed by atoms with Gasteiger partial charge in [-0.3, -0.25) is 4.79 Å². The van der Waals surface area contributed by atoms with Gasteiger partial charge in [-0.25, -0.2) is 0 Å². The van der Waals surface area contributed by atoms with Crippen LogP contribution in [0.25, 0.3) is 0 Å². The zero-order chi connectivity index (χ0) is 14.9. The average Bonchev–Trinajstić information content (AvgIpc) is 3.31. The van der Waals surface area contributed by atoms with Crippen molar-refractivity contribution in [3.05, 3.63) is 60.2 Å². The van der Waals surface area contributed by atoms with Crippen molar-refractivity contribution in [3.8, 4) is 5.75 Å². The molecule has 108 valence electrons. The first-order valence-corrected chi connectivity index (χ1v) is 7.34. The van der Waals surface area contributed by atoms with E-state index in [-0.39, 0.29) is 17.1 Å². The molecule has 1 aliphatic rings. The molecule has 0 aliphatic heterocycles. The van der Waals surface area contributed by atoms with E-state index in [4.69, 9.17) is 0 Å². The van der Waals surface area contributed by atoms with Crippen LogP contribution in [-0.2, 0) is 10.2 Å². The van der Waals surface area contributed by atoms with Crippen molar-refractivity contribution >= 4 is 11.6 Å². The van der Waals surface area contributed by atoms with Crippen LogP contribution in [0.1, 0.15) is 25.3 Å². The third-order valence-electron chi connectivity index (χ3n) is 4.19. The van der Waals surface area contributed by atoms with Gasteiger partial charge in [-0.1, -0.05) is 36.4 Å². The van der Waals surface area contributed by atoms with Gasteiger partial charge in [-0.15, -0.1) is 0 Å². The zero-order valence-corrected chi connectivity index (χ0v) is 12.1. The maximum atomic E-state index is 13.0. The largest absolute Gasteiger partial charge is 0.508 e. The molecule has 1 aliphatic carbocycles. The highest BCUT2D eigenvalue weighted by atomic mass is 16.3. The number of aromatic hydroxyl groups is 1. The van der Waals surface area contributed by atoms with Gasteiger partial charge in [0, 0.05) is 18.3 Å². The van der Waals surface area contributed by atoms with Gasteiger partial charge in [-0.2, -0.15) is 0 Å².